The molecule has 2 aromatic rings. The van der Waals surface area contributed by atoms with Gasteiger partial charge in [0.1, 0.15) is 0 Å². The van der Waals surface area contributed by atoms with Crippen LogP contribution in [0.1, 0.15) is 26.3 Å². The Bertz CT molecular complexity index is 531. The van der Waals surface area contributed by atoms with E-state index < -0.39 is 0 Å². The Hall–Kier alpha value is -1.13. The molecule has 104 valence electrons. The molecule has 2 rings (SSSR count). The van der Waals surface area contributed by atoms with Crippen LogP contribution < -0.4 is 5.32 Å². The number of aromatic nitrogens is 1. The van der Waals surface area contributed by atoms with Gasteiger partial charge < -0.3 is 10.2 Å². The smallest absolute Gasteiger partial charge is 0.184 e. The van der Waals surface area contributed by atoms with Gasteiger partial charge in [-0.15, -0.1) is 0 Å². The Morgan fingerprint density at radius 3 is 2.74 bits per heavy atom. The van der Waals surface area contributed by atoms with Crippen LogP contribution in [0.15, 0.2) is 18.2 Å². The summed E-state index contributed by atoms with van der Waals surface area (Å²) in [5.74, 6) is 0. The van der Waals surface area contributed by atoms with E-state index >= 15 is 0 Å². The van der Waals surface area contributed by atoms with E-state index in [1.54, 1.807) is 11.3 Å². The lowest BCUT2D eigenvalue weighted by Crippen LogP contribution is -2.34. The lowest BCUT2D eigenvalue weighted by Gasteiger charge is -2.23. The molecule has 0 fully saturated rings. The van der Waals surface area contributed by atoms with Crippen molar-refractivity contribution in [2.45, 2.75) is 33.7 Å². The molecule has 0 spiro atoms. The second-order valence-electron chi connectivity index (χ2n) is 5.02. The predicted molar refractivity (Wildman–Crippen MR) is 85.2 cm³/mol. The molecule has 0 aliphatic carbocycles. The van der Waals surface area contributed by atoms with Crippen molar-refractivity contribution in [1.29, 1.82) is 0 Å². The Morgan fingerprint density at radius 1 is 1.32 bits per heavy atom. The Morgan fingerprint density at radius 2 is 2.05 bits per heavy atom. The third kappa shape index (κ3) is 3.67. The highest BCUT2D eigenvalue weighted by atomic mass is 32.1. The van der Waals surface area contributed by atoms with Crippen molar-refractivity contribution in [1.82, 2.24) is 9.88 Å². The van der Waals surface area contributed by atoms with Crippen LogP contribution in [0.3, 0.4) is 0 Å². The second kappa shape index (κ2) is 6.35. The van der Waals surface area contributed by atoms with Crippen molar-refractivity contribution in [3.05, 3.63) is 23.8 Å². The van der Waals surface area contributed by atoms with E-state index in [1.807, 2.05) is 0 Å². The summed E-state index contributed by atoms with van der Waals surface area (Å²) in [6, 6.07) is 6.86. The van der Waals surface area contributed by atoms with Crippen LogP contribution in [0.2, 0.25) is 0 Å². The number of benzene rings is 1. The maximum Gasteiger partial charge on any atom is 0.184 e. The molecular weight excluding hydrogens is 254 g/mol. The van der Waals surface area contributed by atoms with Gasteiger partial charge in [-0.05, 0) is 44.6 Å². The molecule has 1 aromatic heterocycles. The Kier molecular flexibility index (Phi) is 4.77. The summed E-state index contributed by atoms with van der Waals surface area (Å²) in [5.41, 5.74) is 2.36. The van der Waals surface area contributed by atoms with Gasteiger partial charge in [-0.3, -0.25) is 0 Å². The van der Waals surface area contributed by atoms with Crippen molar-refractivity contribution < 1.29 is 0 Å². The average molecular weight is 277 g/mol. The first-order valence-electron chi connectivity index (χ1n) is 6.98. The highest BCUT2D eigenvalue weighted by Crippen LogP contribution is 2.26. The van der Waals surface area contributed by atoms with Crippen LogP contribution in [0.4, 0.5) is 5.13 Å². The molecule has 0 saturated heterocycles. The summed E-state index contributed by atoms with van der Waals surface area (Å²) in [4.78, 5) is 7.09. The summed E-state index contributed by atoms with van der Waals surface area (Å²) >= 11 is 1.74. The zero-order chi connectivity index (χ0) is 13.8. The summed E-state index contributed by atoms with van der Waals surface area (Å²) in [6.07, 6.45) is 0. The fourth-order valence-electron chi connectivity index (χ4n) is 2.22. The number of hydrogen-bond donors (Lipinski definition) is 1. The molecule has 4 heteroatoms. The molecular formula is C15H23N3S. The first-order valence-corrected chi connectivity index (χ1v) is 7.80. The summed E-state index contributed by atoms with van der Waals surface area (Å²) < 4.78 is 1.25. The minimum absolute atomic E-state index is 0.418. The highest BCUT2D eigenvalue weighted by Gasteiger charge is 2.10. The van der Waals surface area contributed by atoms with Gasteiger partial charge in [0.15, 0.2) is 5.13 Å². The van der Waals surface area contributed by atoms with E-state index in [4.69, 9.17) is 0 Å². The predicted octanol–water partition coefficient (Wildman–Crippen LogP) is 3.75. The third-order valence-electron chi connectivity index (χ3n) is 3.34. The second-order valence-corrected chi connectivity index (χ2v) is 6.05. The number of nitrogens with one attached hydrogen (secondary N) is 1. The molecule has 1 atom stereocenters. The molecule has 19 heavy (non-hydrogen) atoms. The monoisotopic (exact) mass is 277 g/mol. The van der Waals surface area contributed by atoms with E-state index in [-0.39, 0.29) is 0 Å². The van der Waals surface area contributed by atoms with Crippen LogP contribution in [0, 0.1) is 6.92 Å². The maximum absolute atomic E-state index is 4.66. The van der Waals surface area contributed by atoms with Crippen molar-refractivity contribution >= 4 is 26.7 Å². The number of thiazole rings is 1. The molecule has 0 bridgehead atoms. The molecule has 0 radical (unpaired) electrons. The highest BCUT2D eigenvalue weighted by molar-refractivity contribution is 7.22. The molecule has 0 aliphatic heterocycles. The van der Waals surface area contributed by atoms with E-state index in [1.165, 1.54) is 10.3 Å². The van der Waals surface area contributed by atoms with Gasteiger partial charge >= 0.3 is 0 Å². The Balaban J connectivity index is 2.04. The molecule has 1 heterocycles. The van der Waals surface area contributed by atoms with Gasteiger partial charge in [0.2, 0.25) is 0 Å². The zero-order valence-corrected chi connectivity index (χ0v) is 13.0. The lowest BCUT2D eigenvalue weighted by molar-refractivity contribution is 0.295. The van der Waals surface area contributed by atoms with E-state index in [0.29, 0.717) is 6.04 Å². The first-order chi connectivity index (χ1) is 9.12. The molecule has 0 aliphatic rings. The number of hydrogen-bond acceptors (Lipinski definition) is 4. The van der Waals surface area contributed by atoms with Crippen molar-refractivity contribution in [2.75, 3.05) is 25.0 Å². The number of anilines is 1. The van der Waals surface area contributed by atoms with Gasteiger partial charge in [0.05, 0.1) is 10.2 Å². The van der Waals surface area contributed by atoms with Gasteiger partial charge in [-0.2, -0.15) is 0 Å². The van der Waals surface area contributed by atoms with Crippen LogP contribution in [-0.4, -0.2) is 35.6 Å². The lowest BCUT2D eigenvalue weighted by atomic mass is 10.2. The van der Waals surface area contributed by atoms with Crippen molar-refractivity contribution in [3.63, 3.8) is 0 Å². The number of aryl methyl sites for hydroxylation is 1. The molecule has 0 saturated carbocycles. The number of nitrogens with zero attached hydrogens (tertiary/aromatic N) is 2. The normalized spacial score (nSPS) is 13.1. The van der Waals surface area contributed by atoms with Gasteiger partial charge in [-0.1, -0.05) is 31.3 Å². The largest absolute Gasteiger partial charge is 0.358 e. The quantitative estimate of drug-likeness (QED) is 0.871. The third-order valence-corrected chi connectivity index (χ3v) is 4.31. The minimum atomic E-state index is 0.418. The summed E-state index contributed by atoms with van der Waals surface area (Å²) in [5, 5.41) is 4.54. The van der Waals surface area contributed by atoms with Gasteiger partial charge in [0, 0.05) is 12.6 Å². The topological polar surface area (TPSA) is 28.2 Å². The summed E-state index contributed by atoms with van der Waals surface area (Å²) in [6.45, 7) is 12.0. The Labute approximate surface area is 119 Å². The van der Waals surface area contributed by atoms with Crippen molar-refractivity contribution in [3.8, 4) is 0 Å². The van der Waals surface area contributed by atoms with Crippen LogP contribution in [-0.2, 0) is 0 Å². The molecule has 1 aromatic carbocycles. The zero-order valence-electron chi connectivity index (χ0n) is 12.2. The van der Waals surface area contributed by atoms with Gasteiger partial charge in [0.25, 0.3) is 0 Å². The maximum atomic E-state index is 4.66. The van der Waals surface area contributed by atoms with Crippen molar-refractivity contribution in [2.24, 2.45) is 0 Å². The number of fused-ring (bicyclic) bond motifs is 1. The molecule has 3 nitrogen and oxygen atoms in total. The molecule has 0 amide bonds. The number of likely N-dealkylation sites (N-methyl/N-ethyl adjacent to an activating group) is 1. The fourth-order valence-corrected chi connectivity index (χ4v) is 3.18. The standard InChI is InChI=1S/C15H23N3S/c1-5-18(6-2)10-12(4)16-15-17-13-9-11(3)7-8-14(13)19-15/h7-9,12H,5-6,10H2,1-4H3,(H,16,17). The first kappa shape index (κ1) is 14.3. The van der Waals surface area contributed by atoms with Gasteiger partial charge in [-0.25, -0.2) is 4.98 Å². The average Bonchev–Trinajstić information content (AvgIpc) is 2.77. The molecule has 1 N–H and O–H groups in total. The number of rotatable bonds is 6. The van der Waals surface area contributed by atoms with Crippen LogP contribution in [0.5, 0.6) is 0 Å². The van der Waals surface area contributed by atoms with E-state index in [9.17, 15) is 0 Å². The SMILES string of the molecule is CCN(CC)CC(C)Nc1nc2cc(C)ccc2s1. The minimum Gasteiger partial charge on any atom is -0.358 e. The summed E-state index contributed by atoms with van der Waals surface area (Å²) in [7, 11) is 0. The van der Waals surface area contributed by atoms with Crippen LogP contribution >= 0.6 is 11.3 Å². The van der Waals surface area contributed by atoms with E-state index in [2.05, 4.69) is 61.1 Å². The molecule has 1 unspecified atom stereocenters. The van der Waals surface area contributed by atoms with Crippen LogP contribution in [0.25, 0.3) is 10.2 Å². The van der Waals surface area contributed by atoms with E-state index in [0.717, 1.165) is 30.3 Å². The fraction of sp³-hybridized carbons (Fsp3) is 0.533.